The van der Waals surface area contributed by atoms with Crippen molar-refractivity contribution in [1.82, 2.24) is 20.3 Å². The predicted octanol–water partition coefficient (Wildman–Crippen LogP) is -0.112. The molecule has 0 amide bonds. The van der Waals surface area contributed by atoms with Gasteiger partial charge in [-0.25, -0.2) is 0 Å². The van der Waals surface area contributed by atoms with Crippen LogP contribution in [0.4, 0.5) is 0 Å². The van der Waals surface area contributed by atoms with Crippen molar-refractivity contribution in [2.24, 2.45) is 0 Å². The van der Waals surface area contributed by atoms with Gasteiger partial charge in [-0.3, -0.25) is 4.68 Å². The first kappa shape index (κ1) is 7.21. The van der Waals surface area contributed by atoms with Crippen LogP contribution in [0.25, 0.3) is 0 Å². The zero-order valence-electron chi connectivity index (χ0n) is 6.12. The summed E-state index contributed by atoms with van der Waals surface area (Å²) in [6, 6.07) is 0. The third-order valence-electron chi connectivity index (χ3n) is 1.29. The maximum atomic E-state index is 3.83. The summed E-state index contributed by atoms with van der Waals surface area (Å²) in [6.45, 7) is 1.97. The molecule has 0 spiro atoms. The quantitative estimate of drug-likeness (QED) is 0.593. The van der Waals surface area contributed by atoms with Gasteiger partial charge in [-0.05, 0) is 20.0 Å². The lowest BCUT2D eigenvalue weighted by Crippen LogP contribution is -2.11. The lowest BCUT2D eigenvalue weighted by Gasteiger charge is -1.97. The van der Waals surface area contributed by atoms with Crippen molar-refractivity contribution in [2.45, 2.75) is 13.0 Å². The Hall–Kier alpha value is -0.900. The highest BCUT2D eigenvalue weighted by Gasteiger charge is 1.88. The lowest BCUT2D eigenvalue weighted by molar-refractivity contribution is 0.545. The first-order valence-electron chi connectivity index (χ1n) is 3.42. The van der Waals surface area contributed by atoms with E-state index in [1.165, 1.54) is 0 Å². The Labute approximate surface area is 60.2 Å². The highest BCUT2D eigenvalue weighted by atomic mass is 15.4. The van der Waals surface area contributed by atoms with Gasteiger partial charge in [0.15, 0.2) is 0 Å². The van der Waals surface area contributed by atoms with Crippen LogP contribution in [-0.4, -0.2) is 28.6 Å². The number of rotatable bonds is 4. The van der Waals surface area contributed by atoms with Crippen molar-refractivity contribution in [1.29, 1.82) is 0 Å². The molecule has 0 saturated carbocycles. The summed E-state index contributed by atoms with van der Waals surface area (Å²) in [5.41, 5.74) is 0. The zero-order valence-corrected chi connectivity index (χ0v) is 6.12. The Morgan fingerprint density at radius 2 is 2.50 bits per heavy atom. The van der Waals surface area contributed by atoms with E-state index < -0.39 is 0 Å². The van der Waals surface area contributed by atoms with Crippen LogP contribution in [-0.2, 0) is 6.54 Å². The second-order valence-electron chi connectivity index (χ2n) is 2.12. The van der Waals surface area contributed by atoms with Crippen molar-refractivity contribution in [3.05, 3.63) is 12.4 Å². The van der Waals surface area contributed by atoms with Crippen molar-refractivity contribution in [3.63, 3.8) is 0 Å². The number of hydrogen-bond donors (Lipinski definition) is 1. The summed E-state index contributed by atoms with van der Waals surface area (Å²) in [5.74, 6) is 0. The van der Waals surface area contributed by atoms with E-state index in [1.54, 1.807) is 6.20 Å². The van der Waals surface area contributed by atoms with Gasteiger partial charge >= 0.3 is 0 Å². The molecule has 0 radical (unpaired) electrons. The monoisotopic (exact) mass is 140 g/mol. The third kappa shape index (κ3) is 2.14. The Morgan fingerprint density at radius 1 is 1.60 bits per heavy atom. The maximum Gasteiger partial charge on any atom is 0.0692 e. The molecule has 56 valence electrons. The van der Waals surface area contributed by atoms with E-state index in [1.807, 2.05) is 17.9 Å². The summed E-state index contributed by atoms with van der Waals surface area (Å²) < 4.78 is 1.83. The van der Waals surface area contributed by atoms with Crippen LogP contribution in [0.2, 0.25) is 0 Å². The van der Waals surface area contributed by atoms with Crippen molar-refractivity contribution in [3.8, 4) is 0 Å². The summed E-state index contributed by atoms with van der Waals surface area (Å²) in [6.07, 6.45) is 4.66. The molecular formula is C6H12N4. The SMILES string of the molecule is CNCCCn1ccnn1. The molecule has 0 aromatic carbocycles. The van der Waals surface area contributed by atoms with Gasteiger partial charge in [0.25, 0.3) is 0 Å². The fraction of sp³-hybridized carbons (Fsp3) is 0.667. The highest BCUT2D eigenvalue weighted by molar-refractivity contribution is 4.63. The summed E-state index contributed by atoms with van der Waals surface area (Å²) in [4.78, 5) is 0. The fourth-order valence-electron chi connectivity index (χ4n) is 0.770. The van der Waals surface area contributed by atoms with Crippen LogP contribution >= 0.6 is 0 Å². The van der Waals surface area contributed by atoms with Crippen LogP contribution in [0, 0.1) is 0 Å². The highest BCUT2D eigenvalue weighted by Crippen LogP contribution is 1.84. The summed E-state index contributed by atoms with van der Waals surface area (Å²) in [5, 5.41) is 10.6. The maximum absolute atomic E-state index is 3.83. The minimum absolute atomic E-state index is 0.945. The summed E-state index contributed by atoms with van der Waals surface area (Å²) >= 11 is 0. The van der Waals surface area contributed by atoms with Gasteiger partial charge in [0.05, 0.1) is 6.20 Å². The second-order valence-corrected chi connectivity index (χ2v) is 2.12. The minimum Gasteiger partial charge on any atom is -0.320 e. The normalized spacial score (nSPS) is 10.1. The van der Waals surface area contributed by atoms with Gasteiger partial charge < -0.3 is 5.32 Å². The predicted molar refractivity (Wildman–Crippen MR) is 38.6 cm³/mol. The second kappa shape index (κ2) is 4.00. The Kier molecular flexibility index (Phi) is 2.89. The molecule has 4 heteroatoms. The molecule has 4 nitrogen and oxygen atoms in total. The largest absolute Gasteiger partial charge is 0.320 e. The average Bonchev–Trinajstić information content (AvgIpc) is 2.41. The molecule has 0 fully saturated rings. The molecule has 0 saturated heterocycles. The number of aryl methyl sites for hydroxylation is 1. The molecule has 0 aliphatic carbocycles. The van der Waals surface area contributed by atoms with E-state index >= 15 is 0 Å². The molecule has 0 atom stereocenters. The van der Waals surface area contributed by atoms with Gasteiger partial charge in [-0.15, -0.1) is 5.10 Å². The van der Waals surface area contributed by atoms with E-state index in [-0.39, 0.29) is 0 Å². The molecule has 10 heavy (non-hydrogen) atoms. The van der Waals surface area contributed by atoms with Crippen molar-refractivity contribution in [2.75, 3.05) is 13.6 Å². The molecule has 1 aromatic heterocycles. The van der Waals surface area contributed by atoms with E-state index in [0.717, 1.165) is 19.5 Å². The minimum atomic E-state index is 0.945. The van der Waals surface area contributed by atoms with E-state index in [4.69, 9.17) is 0 Å². The standard InChI is InChI=1S/C6H12N4/c1-7-3-2-5-10-6-4-8-9-10/h4,6-7H,2-3,5H2,1H3. The van der Waals surface area contributed by atoms with Crippen LogP contribution in [0.5, 0.6) is 0 Å². The first-order chi connectivity index (χ1) is 4.93. The Balaban J connectivity index is 2.15. The van der Waals surface area contributed by atoms with Crippen LogP contribution < -0.4 is 5.32 Å². The molecule has 0 aliphatic heterocycles. The smallest absolute Gasteiger partial charge is 0.0692 e. The fourth-order valence-corrected chi connectivity index (χ4v) is 0.770. The van der Waals surface area contributed by atoms with Gasteiger partial charge in [-0.2, -0.15) is 0 Å². The molecule has 0 unspecified atom stereocenters. The van der Waals surface area contributed by atoms with Crippen molar-refractivity contribution < 1.29 is 0 Å². The van der Waals surface area contributed by atoms with Gasteiger partial charge in [-0.1, -0.05) is 5.21 Å². The first-order valence-corrected chi connectivity index (χ1v) is 3.42. The van der Waals surface area contributed by atoms with E-state index in [2.05, 4.69) is 15.6 Å². The number of hydrogen-bond acceptors (Lipinski definition) is 3. The van der Waals surface area contributed by atoms with Gasteiger partial charge in [0.2, 0.25) is 0 Å². The molecule has 1 heterocycles. The lowest BCUT2D eigenvalue weighted by atomic mass is 10.4. The van der Waals surface area contributed by atoms with Gasteiger partial charge in [0.1, 0.15) is 0 Å². The summed E-state index contributed by atoms with van der Waals surface area (Å²) in [7, 11) is 1.95. The molecule has 0 aliphatic rings. The number of nitrogens with zero attached hydrogens (tertiary/aromatic N) is 3. The number of nitrogens with one attached hydrogen (secondary N) is 1. The molecular weight excluding hydrogens is 128 g/mol. The van der Waals surface area contributed by atoms with Gasteiger partial charge in [0, 0.05) is 12.7 Å². The molecule has 1 rings (SSSR count). The average molecular weight is 140 g/mol. The Bertz CT molecular complexity index is 158. The van der Waals surface area contributed by atoms with Crippen LogP contribution in [0.3, 0.4) is 0 Å². The van der Waals surface area contributed by atoms with Crippen LogP contribution in [0.1, 0.15) is 6.42 Å². The topological polar surface area (TPSA) is 42.7 Å². The zero-order chi connectivity index (χ0) is 7.23. The number of aromatic nitrogens is 3. The molecule has 0 bridgehead atoms. The van der Waals surface area contributed by atoms with Crippen molar-refractivity contribution >= 4 is 0 Å². The Morgan fingerprint density at radius 3 is 3.10 bits per heavy atom. The molecule has 1 N–H and O–H groups in total. The third-order valence-corrected chi connectivity index (χ3v) is 1.29. The van der Waals surface area contributed by atoms with Crippen LogP contribution in [0.15, 0.2) is 12.4 Å². The van der Waals surface area contributed by atoms with E-state index in [9.17, 15) is 0 Å². The van der Waals surface area contributed by atoms with E-state index in [0.29, 0.717) is 0 Å². The molecule has 1 aromatic rings.